The number of aryl methyl sites for hydroxylation is 2. The van der Waals surface area contributed by atoms with Crippen LogP contribution in [0.4, 0.5) is 0 Å². The molecule has 2 aromatic rings. The zero-order valence-electron chi connectivity index (χ0n) is 9.57. The molecule has 0 amide bonds. The minimum Gasteiger partial charge on any atom is -0.275 e. The predicted octanol–water partition coefficient (Wildman–Crippen LogP) is 2.59. The molecule has 0 bridgehead atoms. The highest BCUT2D eigenvalue weighted by molar-refractivity contribution is 7.98. The van der Waals surface area contributed by atoms with Gasteiger partial charge < -0.3 is 0 Å². The van der Waals surface area contributed by atoms with Crippen molar-refractivity contribution in [2.45, 2.75) is 18.4 Å². The molecule has 17 heavy (non-hydrogen) atoms. The first-order chi connectivity index (χ1) is 8.15. The Balaban J connectivity index is 2.16. The molecule has 3 heterocycles. The van der Waals surface area contributed by atoms with Gasteiger partial charge in [-0.15, -0.1) is 0 Å². The number of hydrogen-bond donors (Lipinski definition) is 0. The van der Waals surface area contributed by atoms with Gasteiger partial charge in [0.25, 0.3) is 0 Å². The average molecular weight is 267 g/mol. The van der Waals surface area contributed by atoms with E-state index < -0.39 is 0 Å². The highest BCUT2D eigenvalue weighted by Gasteiger charge is 2.20. The highest BCUT2D eigenvalue weighted by Crippen LogP contribution is 2.34. The summed E-state index contributed by atoms with van der Waals surface area (Å²) in [7, 11) is 1.89. The second kappa shape index (κ2) is 3.99. The van der Waals surface area contributed by atoms with Crippen LogP contribution in [0.1, 0.15) is 17.0 Å². The smallest absolute Gasteiger partial charge is 0.164 e. The normalized spacial score (nSPS) is 14.1. The van der Waals surface area contributed by atoms with Gasteiger partial charge in [0.2, 0.25) is 0 Å². The largest absolute Gasteiger partial charge is 0.275 e. The Morgan fingerprint density at radius 1 is 1.35 bits per heavy atom. The van der Waals surface area contributed by atoms with Gasteiger partial charge in [-0.3, -0.25) is 4.68 Å². The molecule has 1 aliphatic heterocycles. The van der Waals surface area contributed by atoms with E-state index >= 15 is 0 Å². The molecule has 4 nitrogen and oxygen atoms in total. The van der Waals surface area contributed by atoms with Crippen LogP contribution in [-0.4, -0.2) is 19.7 Å². The summed E-state index contributed by atoms with van der Waals surface area (Å²) in [6.45, 7) is 1.95. The Morgan fingerprint density at radius 2 is 2.18 bits per heavy atom. The van der Waals surface area contributed by atoms with Crippen LogP contribution in [0.3, 0.4) is 0 Å². The van der Waals surface area contributed by atoms with Gasteiger partial charge in [-0.05, 0) is 6.92 Å². The van der Waals surface area contributed by atoms with Crippen molar-refractivity contribution in [1.82, 2.24) is 19.7 Å². The van der Waals surface area contributed by atoms with Crippen molar-refractivity contribution < 1.29 is 0 Å². The molecule has 0 spiro atoms. The number of thioether (sulfide) groups is 1. The summed E-state index contributed by atoms with van der Waals surface area (Å²) in [6.07, 6.45) is 1.93. The SMILES string of the molecule is Cc1nn(C)cc1-c1nc(Cl)c2c(n1)CSC2. The maximum Gasteiger partial charge on any atom is 0.164 e. The van der Waals surface area contributed by atoms with Crippen LogP contribution in [0.5, 0.6) is 0 Å². The Bertz CT molecular complexity index is 593. The molecule has 1 aliphatic rings. The topological polar surface area (TPSA) is 43.6 Å². The lowest BCUT2D eigenvalue weighted by molar-refractivity contribution is 0.756. The fourth-order valence-electron chi connectivity index (χ4n) is 1.95. The van der Waals surface area contributed by atoms with E-state index in [4.69, 9.17) is 11.6 Å². The lowest BCUT2D eigenvalue weighted by Crippen LogP contribution is -1.97. The summed E-state index contributed by atoms with van der Waals surface area (Å²) in [5, 5.41) is 4.88. The van der Waals surface area contributed by atoms with Crippen LogP contribution >= 0.6 is 23.4 Å². The summed E-state index contributed by atoms with van der Waals surface area (Å²) in [5.41, 5.74) is 4.03. The van der Waals surface area contributed by atoms with Crippen LogP contribution in [0.2, 0.25) is 5.15 Å². The van der Waals surface area contributed by atoms with Gasteiger partial charge in [0.15, 0.2) is 5.82 Å². The van der Waals surface area contributed by atoms with Gasteiger partial charge in [-0.25, -0.2) is 9.97 Å². The fraction of sp³-hybridized carbons (Fsp3) is 0.364. The van der Waals surface area contributed by atoms with Crippen molar-refractivity contribution in [3.8, 4) is 11.4 Å². The quantitative estimate of drug-likeness (QED) is 0.744. The van der Waals surface area contributed by atoms with Crippen molar-refractivity contribution in [2.75, 3.05) is 0 Å². The van der Waals surface area contributed by atoms with Gasteiger partial charge in [-0.1, -0.05) is 11.6 Å². The van der Waals surface area contributed by atoms with Crippen LogP contribution in [0, 0.1) is 6.92 Å². The molecule has 0 saturated heterocycles. The first-order valence-corrected chi connectivity index (χ1v) is 6.82. The summed E-state index contributed by atoms with van der Waals surface area (Å²) in [6, 6.07) is 0. The van der Waals surface area contributed by atoms with Crippen LogP contribution in [-0.2, 0) is 18.6 Å². The molecule has 0 N–H and O–H groups in total. The Labute approximate surface area is 108 Å². The van der Waals surface area contributed by atoms with E-state index in [9.17, 15) is 0 Å². The second-order valence-corrected chi connectivity index (χ2v) is 5.40. The van der Waals surface area contributed by atoms with Crippen LogP contribution in [0.15, 0.2) is 6.20 Å². The Kier molecular flexibility index (Phi) is 2.60. The van der Waals surface area contributed by atoms with Gasteiger partial charge in [-0.2, -0.15) is 16.9 Å². The van der Waals surface area contributed by atoms with Gasteiger partial charge in [0, 0.05) is 30.3 Å². The third-order valence-electron chi connectivity index (χ3n) is 2.78. The monoisotopic (exact) mass is 266 g/mol. The Morgan fingerprint density at radius 3 is 2.88 bits per heavy atom. The Hall–Kier alpha value is -1.07. The molecule has 0 unspecified atom stereocenters. The molecule has 6 heteroatoms. The standard InChI is InChI=1S/C11H11ClN4S/c1-6-7(3-16(2)15-6)11-13-9-5-17-4-8(9)10(12)14-11/h3H,4-5H2,1-2H3. The number of rotatable bonds is 1. The van der Waals surface area contributed by atoms with Crippen LogP contribution < -0.4 is 0 Å². The molecule has 2 aromatic heterocycles. The number of nitrogens with zero attached hydrogens (tertiary/aromatic N) is 4. The molecule has 0 fully saturated rings. The van der Waals surface area contributed by atoms with E-state index in [2.05, 4.69) is 15.1 Å². The van der Waals surface area contributed by atoms with Gasteiger partial charge in [0.05, 0.1) is 17.0 Å². The molecule has 0 aromatic carbocycles. The predicted molar refractivity (Wildman–Crippen MR) is 69.0 cm³/mol. The number of hydrogen-bond acceptors (Lipinski definition) is 4. The van der Waals surface area contributed by atoms with Crippen LogP contribution in [0.25, 0.3) is 11.4 Å². The maximum atomic E-state index is 6.19. The van der Waals surface area contributed by atoms with Gasteiger partial charge >= 0.3 is 0 Å². The van der Waals surface area contributed by atoms with E-state index in [0.717, 1.165) is 34.0 Å². The lowest BCUT2D eigenvalue weighted by Gasteiger charge is -2.03. The summed E-state index contributed by atoms with van der Waals surface area (Å²) >= 11 is 8.01. The molecule has 0 saturated carbocycles. The van der Waals surface area contributed by atoms with Crippen molar-refractivity contribution in [3.63, 3.8) is 0 Å². The summed E-state index contributed by atoms with van der Waals surface area (Å²) < 4.78 is 1.77. The number of aromatic nitrogens is 4. The first-order valence-electron chi connectivity index (χ1n) is 5.29. The van der Waals surface area contributed by atoms with E-state index in [1.807, 2.05) is 31.9 Å². The van der Waals surface area contributed by atoms with Crippen molar-refractivity contribution in [1.29, 1.82) is 0 Å². The zero-order chi connectivity index (χ0) is 12.0. The number of fused-ring (bicyclic) bond motifs is 1. The van der Waals surface area contributed by atoms with E-state index in [0.29, 0.717) is 11.0 Å². The second-order valence-electron chi connectivity index (χ2n) is 4.06. The molecule has 0 radical (unpaired) electrons. The zero-order valence-corrected chi connectivity index (χ0v) is 11.1. The highest BCUT2D eigenvalue weighted by atomic mass is 35.5. The van der Waals surface area contributed by atoms with E-state index in [-0.39, 0.29) is 0 Å². The third kappa shape index (κ3) is 1.83. The minimum absolute atomic E-state index is 0.582. The average Bonchev–Trinajstić information content (AvgIpc) is 2.84. The van der Waals surface area contributed by atoms with E-state index in [1.54, 1.807) is 4.68 Å². The van der Waals surface area contributed by atoms with Crippen molar-refractivity contribution >= 4 is 23.4 Å². The third-order valence-corrected chi connectivity index (χ3v) is 4.06. The van der Waals surface area contributed by atoms with E-state index in [1.165, 1.54) is 0 Å². The van der Waals surface area contributed by atoms with Gasteiger partial charge in [0.1, 0.15) is 5.15 Å². The van der Waals surface area contributed by atoms with Crippen molar-refractivity contribution in [3.05, 3.63) is 28.3 Å². The molecule has 88 valence electrons. The molecule has 0 aliphatic carbocycles. The maximum absolute atomic E-state index is 6.19. The minimum atomic E-state index is 0.582. The summed E-state index contributed by atoms with van der Waals surface area (Å²) in [4.78, 5) is 8.97. The van der Waals surface area contributed by atoms with Crippen molar-refractivity contribution in [2.24, 2.45) is 7.05 Å². The fourth-order valence-corrected chi connectivity index (χ4v) is 3.33. The molecular weight excluding hydrogens is 256 g/mol. The number of halogens is 1. The molecule has 0 atom stereocenters. The summed E-state index contributed by atoms with van der Waals surface area (Å²) in [5.74, 6) is 2.52. The molecular formula is C11H11ClN4S. The lowest BCUT2D eigenvalue weighted by atomic mass is 10.2. The molecule has 3 rings (SSSR count). The first kappa shape index (κ1) is 11.0.